The Morgan fingerprint density at radius 1 is 1.50 bits per heavy atom. The third kappa shape index (κ3) is 0.736. The van der Waals surface area contributed by atoms with Crippen molar-refractivity contribution >= 4 is 5.91 Å². The summed E-state index contributed by atoms with van der Waals surface area (Å²) in [6.07, 6.45) is 3.34. The lowest BCUT2D eigenvalue weighted by atomic mass is 9.89. The van der Waals surface area contributed by atoms with Crippen LogP contribution in [0, 0.1) is 5.92 Å². The van der Waals surface area contributed by atoms with Gasteiger partial charge in [-0.15, -0.1) is 0 Å². The number of carbonyl (C=O) groups excluding carboxylic acids is 1. The lowest BCUT2D eigenvalue weighted by molar-refractivity contribution is -0.122. The van der Waals surface area contributed by atoms with Crippen molar-refractivity contribution in [2.24, 2.45) is 11.7 Å². The summed E-state index contributed by atoms with van der Waals surface area (Å²) in [7, 11) is 0. The van der Waals surface area contributed by atoms with Gasteiger partial charge >= 0.3 is 0 Å². The van der Waals surface area contributed by atoms with Gasteiger partial charge < -0.3 is 11.1 Å². The van der Waals surface area contributed by atoms with Crippen LogP contribution in [0.3, 0.4) is 0 Å². The lowest BCUT2D eigenvalue weighted by Gasteiger charge is -2.15. The molecule has 2 aliphatic rings. The van der Waals surface area contributed by atoms with Crippen LogP contribution in [0.4, 0.5) is 0 Å². The number of carbonyl (C=O) groups is 1. The van der Waals surface area contributed by atoms with Crippen LogP contribution in [-0.4, -0.2) is 18.0 Å². The molecule has 2 saturated heterocycles. The van der Waals surface area contributed by atoms with E-state index in [1.807, 2.05) is 0 Å². The highest BCUT2D eigenvalue weighted by Crippen LogP contribution is 2.32. The minimum Gasteiger partial charge on any atom is -0.369 e. The predicted molar refractivity (Wildman–Crippen MR) is 37.2 cm³/mol. The molecule has 0 saturated carbocycles. The molecular formula is C7H12N2O. The molecule has 0 aromatic carbocycles. The van der Waals surface area contributed by atoms with Crippen molar-refractivity contribution in [3.8, 4) is 0 Å². The van der Waals surface area contributed by atoms with E-state index in [9.17, 15) is 4.79 Å². The second-order valence-corrected chi connectivity index (χ2v) is 3.29. The summed E-state index contributed by atoms with van der Waals surface area (Å²) < 4.78 is 0. The van der Waals surface area contributed by atoms with Crippen LogP contribution in [0.2, 0.25) is 0 Å². The minimum atomic E-state index is -0.125. The quantitative estimate of drug-likeness (QED) is 0.521. The average Bonchev–Trinajstić information content (AvgIpc) is 2.44. The van der Waals surface area contributed by atoms with Crippen molar-refractivity contribution in [1.29, 1.82) is 0 Å². The van der Waals surface area contributed by atoms with Crippen LogP contribution >= 0.6 is 0 Å². The summed E-state index contributed by atoms with van der Waals surface area (Å²) in [5.74, 6) is -0.00144. The van der Waals surface area contributed by atoms with Gasteiger partial charge in [0.15, 0.2) is 0 Å². The summed E-state index contributed by atoms with van der Waals surface area (Å²) in [5.41, 5.74) is 5.21. The van der Waals surface area contributed by atoms with E-state index in [0.29, 0.717) is 12.1 Å². The third-order valence-electron chi connectivity index (χ3n) is 2.67. The fraction of sp³-hybridized carbons (Fsp3) is 0.857. The molecule has 2 bridgehead atoms. The molecule has 0 aliphatic carbocycles. The minimum absolute atomic E-state index is 0.124. The Morgan fingerprint density at radius 3 is 2.60 bits per heavy atom. The molecule has 3 heteroatoms. The van der Waals surface area contributed by atoms with E-state index in [2.05, 4.69) is 5.32 Å². The molecule has 10 heavy (non-hydrogen) atoms. The van der Waals surface area contributed by atoms with Crippen molar-refractivity contribution in [3.63, 3.8) is 0 Å². The molecule has 3 nitrogen and oxygen atoms in total. The molecule has 2 aliphatic heterocycles. The first-order chi connectivity index (χ1) is 4.77. The Hall–Kier alpha value is -0.570. The fourth-order valence-corrected chi connectivity index (χ4v) is 2.14. The maximum Gasteiger partial charge on any atom is 0.222 e. The summed E-state index contributed by atoms with van der Waals surface area (Å²) in [5, 5.41) is 3.36. The number of nitrogens with two attached hydrogens (primary N) is 1. The monoisotopic (exact) mass is 140 g/mol. The van der Waals surface area contributed by atoms with E-state index in [0.717, 1.165) is 12.8 Å². The SMILES string of the molecule is NC(=O)[C@@H]1C[C@@H]2CC[C@H]1N2. The summed E-state index contributed by atoms with van der Waals surface area (Å²) in [6.45, 7) is 0. The van der Waals surface area contributed by atoms with Gasteiger partial charge in [0.05, 0.1) is 5.92 Å². The first-order valence-electron chi connectivity index (χ1n) is 3.83. The van der Waals surface area contributed by atoms with E-state index < -0.39 is 0 Å². The maximum absolute atomic E-state index is 10.8. The van der Waals surface area contributed by atoms with Gasteiger partial charge in [-0.25, -0.2) is 0 Å². The average molecular weight is 140 g/mol. The van der Waals surface area contributed by atoms with Crippen molar-refractivity contribution in [3.05, 3.63) is 0 Å². The molecule has 0 radical (unpaired) electrons. The number of nitrogens with one attached hydrogen (secondary N) is 1. The van der Waals surface area contributed by atoms with E-state index in [4.69, 9.17) is 5.73 Å². The van der Waals surface area contributed by atoms with E-state index >= 15 is 0 Å². The molecule has 3 atom stereocenters. The Labute approximate surface area is 60.0 Å². The fourth-order valence-electron chi connectivity index (χ4n) is 2.14. The van der Waals surface area contributed by atoms with Crippen LogP contribution in [0.5, 0.6) is 0 Å². The van der Waals surface area contributed by atoms with E-state index in [-0.39, 0.29) is 11.8 Å². The summed E-state index contributed by atoms with van der Waals surface area (Å²) in [6, 6.07) is 0.991. The second-order valence-electron chi connectivity index (χ2n) is 3.29. The largest absolute Gasteiger partial charge is 0.369 e. The van der Waals surface area contributed by atoms with Crippen LogP contribution in [0.15, 0.2) is 0 Å². The Kier molecular flexibility index (Phi) is 1.20. The summed E-state index contributed by atoms with van der Waals surface area (Å²) >= 11 is 0. The van der Waals surface area contributed by atoms with Gasteiger partial charge in [0.25, 0.3) is 0 Å². The number of fused-ring (bicyclic) bond motifs is 2. The molecule has 2 rings (SSSR count). The molecule has 0 spiro atoms. The molecule has 3 N–H and O–H groups in total. The highest BCUT2D eigenvalue weighted by atomic mass is 16.1. The maximum atomic E-state index is 10.8. The van der Waals surface area contributed by atoms with Gasteiger partial charge in [0, 0.05) is 12.1 Å². The lowest BCUT2D eigenvalue weighted by Crippen LogP contribution is -2.33. The zero-order chi connectivity index (χ0) is 7.14. The highest BCUT2D eigenvalue weighted by molar-refractivity contribution is 5.78. The molecule has 0 aromatic rings. The van der Waals surface area contributed by atoms with Crippen molar-refractivity contribution in [2.75, 3.05) is 0 Å². The number of amides is 1. The number of hydrogen-bond acceptors (Lipinski definition) is 2. The molecular weight excluding hydrogens is 128 g/mol. The first kappa shape index (κ1) is 6.16. The van der Waals surface area contributed by atoms with E-state index in [1.165, 1.54) is 6.42 Å². The number of primary amides is 1. The van der Waals surface area contributed by atoms with Crippen molar-refractivity contribution in [1.82, 2.24) is 5.32 Å². The molecule has 0 aromatic heterocycles. The number of hydrogen-bond donors (Lipinski definition) is 2. The van der Waals surface area contributed by atoms with Gasteiger partial charge in [0.1, 0.15) is 0 Å². The third-order valence-corrected chi connectivity index (χ3v) is 2.67. The molecule has 56 valence electrons. The van der Waals surface area contributed by atoms with Gasteiger partial charge in [-0.05, 0) is 19.3 Å². The zero-order valence-electron chi connectivity index (χ0n) is 5.84. The molecule has 1 amide bonds. The Morgan fingerprint density at radius 2 is 2.30 bits per heavy atom. The van der Waals surface area contributed by atoms with Crippen molar-refractivity contribution in [2.45, 2.75) is 31.3 Å². The van der Waals surface area contributed by atoms with Crippen LogP contribution in [0.25, 0.3) is 0 Å². The standard InChI is InChI=1S/C7H12N2O/c8-7(10)5-3-4-1-2-6(5)9-4/h4-6,9H,1-3H2,(H2,8,10)/t4-,5+,6+/m0/s1. The number of rotatable bonds is 1. The van der Waals surface area contributed by atoms with Crippen molar-refractivity contribution < 1.29 is 4.79 Å². The Bertz CT molecular complexity index is 169. The predicted octanol–water partition coefficient (Wildman–Crippen LogP) is -0.388. The van der Waals surface area contributed by atoms with Gasteiger partial charge in [0.2, 0.25) is 5.91 Å². The Balaban J connectivity index is 2.08. The highest BCUT2D eigenvalue weighted by Gasteiger charge is 2.41. The second kappa shape index (κ2) is 1.95. The van der Waals surface area contributed by atoms with Crippen LogP contribution in [-0.2, 0) is 4.79 Å². The molecule has 2 fully saturated rings. The zero-order valence-corrected chi connectivity index (χ0v) is 5.84. The normalized spacial score (nSPS) is 44.2. The van der Waals surface area contributed by atoms with Crippen LogP contribution in [0.1, 0.15) is 19.3 Å². The first-order valence-corrected chi connectivity index (χ1v) is 3.83. The van der Waals surface area contributed by atoms with Crippen LogP contribution < -0.4 is 11.1 Å². The molecule has 2 heterocycles. The van der Waals surface area contributed by atoms with Gasteiger partial charge in [-0.1, -0.05) is 0 Å². The topological polar surface area (TPSA) is 55.1 Å². The molecule has 0 unspecified atom stereocenters. The van der Waals surface area contributed by atoms with E-state index in [1.54, 1.807) is 0 Å². The van der Waals surface area contributed by atoms with Gasteiger partial charge in [-0.3, -0.25) is 4.79 Å². The van der Waals surface area contributed by atoms with Gasteiger partial charge in [-0.2, -0.15) is 0 Å². The summed E-state index contributed by atoms with van der Waals surface area (Å²) in [4.78, 5) is 10.8. The smallest absolute Gasteiger partial charge is 0.222 e.